The van der Waals surface area contributed by atoms with Gasteiger partial charge in [0.15, 0.2) is 0 Å². The summed E-state index contributed by atoms with van der Waals surface area (Å²) in [5.74, 6) is 2.51. The fraction of sp³-hybridized carbons (Fsp3) is 1.00. The number of rotatable bonds is 0. The molecule has 0 amide bonds. The van der Waals surface area contributed by atoms with Gasteiger partial charge in [-0.1, -0.05) is 27.2 Å². The van der Waals surface area contributed by atoms with Crippen LogP contribution in [0.25, 0.3) is 0 Å². The minimum atomic E-state index is -0.00585. The lowest BCUT2D eigenvalue weighted by atomic mass is 9.53. The summed E-state index contributed by atoms with van der Waals surface area (Å²) in [4.78, 5) is 0. The topological polar surface area (TPSA) is 20.2 Å². The normalized spacial score (nSPS) is 54.0. The van der Waals surface area contributed by atoms with Crippen LogP contribution in [-0.2, 0) is 0 Å². The zero-order chi connectivity index (χ0) is 10.3. The number of fused-ring (bicyclic) bond motifs is 1. The summed E-state index contributed by atoms with van der Waals surface area (Å²) in [6, 6.07) is 0. The van der Waals surface area contributed by atoms with Gasteiger partial charge in [-0.3, -0.25) is 0 Å². The van der Waals surface area contributed by atoms with Gasteiger partial charge in [-0.2, -0.15) is 0 Å². The summed E-state index contributed by atoms with van der Waals surface area (Å²) in [7, 11) is 0. The molecule has 2 aliphatic carbocycles. The molecule has 0 saturated heterocycles. The van der Waals surface area contributed by atoms with Gasteiger partial charge < -0.3 is 5.11 Å². The summed E-state index contributed by atoms with van der Waals surface area (Å²) in [5.41, 5.74) is 0.525. The van der Waals surface area contributed by atoms with Gasteiger partial charge in [-0.25, -0.2) is 0 Å². The van der Waals surface area contributed by atoms with Gasteiger partial charge in [0, 0.05) is 0 Å². The molecule has 0 aliphatic heterocycles. The first-order valence-electron chi connectivity index (χ1n) is 6.22. The van der Waals surface area contributed by atoms with Crippen LogP contribution in [0.5, 0.6) is 0 Å². The Morgan fingerprint density at radius 2 is 1.86 bits per heavy atom. The monoisotopic (exact) mass is 196 g/mol. The van der Waals surface area contributed by atoms with Gasteiger partial charge in [-0.15, -0.1) is 0 Å². The molecule has 5 atom stereocenters. The predicted octanol–water partition coefficient (Wildman–Crippen LogP) is 3.22. The lowest BCUT2D eigenvalue weighted by Crippen LogP contribution is -2.46. The van der Waals surface area contributed by atoms with Gasteiger partial charge >= 0.3 is 0 Å². The van der Waals surface area contributed by atoms with Crippen molar-refractivity contribution in [1.29, 1.82) is 0 Å². The molecule has 0 aromatic rings. The quantitative estimate of drug-likeness (QED) is 0.630. The molecule has 14 heavy (non-hydrogen) atoms. The van der Waals surface area contributed by atoms with Gasteiger partial charge in [0.25, 0.3) is 0 Å². The maximum absolute atomic E-state index is 9.71. The molecule has 0 aromatic heterocycles. The number of aliphatic hydroxyl groups is 1. The highest BCUT2D eigenvalue weighted by atomic mass is 16.3. The van der Waals surface area contributed by atoms with E-state index in [0.29, 0.717) is 5.41 Å². The zero-order valence-corrected chi connectivity index (χ0v) is 9.79. The molecule has 1 unspecified atom stereocenters. The third-order valence-corrected chi connectivity index (χ3v) is 5.37. The SMILES string of the molecule is CC1CC[C@H]2C[C@@H](O)CC[C@]2(C)[C@H]1C. The molecule has 2 fully saturated rings. The summed E-state index contributed by atoms with van der Waals surface area (Å²) in [6.07, 6.45) is 6.04. The second-order valence-corrected chi connectivity index (χ2v) is 5.97. The molecular formula is C13H24O. The lowest BCUT2D eigenvalue weighted by Gasteiger charge is -2.53. The van der Waals surface area contributed by atoms with Crippen molar-refractivity contribution in [3.05, 3.63) is 0 Å². The summed E-state index contributed by atoms with van der Waals surface area (Å²) >= 11 is 0. The van der Waals surface area contributed by atoms with Crippen LogP contribution in [0.4, 0.5) is 0 Å². The predicted molar refractivity (Wildman–Crippen MR) is 59.0 cm³/mol. The number of hydrogen-bond donors (Lipinski definition) is 1. The Kier molecular flexibility index (Phi) is 2.63. The molecule has 0 heterocycles. The van der Waals surface area contributed by atoms with Crippen LogP contribution in [0.15, 0.2) is 0 Å². The number of aliphatic hydroxyl groups excluding tert-OH is 1. The fourth-order valence-corrected chi connectivity index (χ4v) is 3.81. The van der Waals surface area contributed by atoms with E-state index < -0.39 is 0 Å². The molecule has 82 valence electrons. The van der Waals surface area contributed by atoms with Gasteiger partial charge in [0.2, 0.25) is 0 Å². The summed E-state index contributed by atoms with van der Waals surface area (Å²) in [6.45, 7) is 7.29. The summed E-state index contributed by atoms with van der Waals surface area (Å²) < 4.78 is 0. The van der Waals surface area contributed by atoms with Crippen LogP contribution in [0.1, 0.15) is 52.9 Å². The van der Waals surface area contributed by atoms with Gasteiger partial charge in [0.05, 0.1) is 6.10 Å². The van der Waals surface area contributed by atoms with Gasteiger partial charge in [0.1, 0.15) is 0 Å². The lowest BCUT2D eigenvalue weighted by molar-refractivity contribution is -0.0605. The van der Waals surface area contributed by atoms with Crippen molar-refractivity contribution in [2.24, 2.45) is 23.2 Å². The van der Waals surface area contributed by atoms with Crippen LogP contribution < -0.4 is 0 Å². The molecule has 1 nitrogen and oxygen atoms in total. The standard InChI is InChI=1S/C13H24O/c1-9-4-5-11-8-12(14)6-7-13(11,3)10(9)2/h9-12,14H,4-8H2,1-3H3/t9?,10-,11-,12-,13+/m0/s1. The van der Waals surface area contributed by atoms with E-state index in [1.807, 2.05) is 0 Å². The summed E-state index contributed by atoms with van der Waals surface area (Å²) in [5, 5.41) is 9.71. The first-order chi connectivity index (χ1) is 6.54. The Balaban J connectivity index is 2.16. The first-order valence-corrected chi connectivity index (χ1v) is 6.22. The Hall–Kier alpha value is -0.0400. The van der Waals surface area contributed by atoms with Gasteiger partial charge in [-0.05, 0) is 48.9 Å². The van der Waals surface area contributed by atoms with E-state index in [9.17, 15) is 5.11 Å². The van der Waals surface area contributed by atoms with Crippen LogP contribution in [0, 0.1) is 23.2 Å². The van der Waals surface area contributed by atoms with Crippen LogP contribution in [0.2, 0.25) is 0 Å². The maximum Gasteiger partial charge on any atom is 0.0543 e. The van der Waals surface area contributed by atoms with E-state index in [2.05, 4.69) is 20.8 Å². The average molecular weight is 196 g/mol. The van der Waals surface area contributed by atoms with E-state index in [1.54, 1.807) is 0 Å². The molecule has 2 aliphatic rings. The Labute approximate surface area is 87.9 Å². The van der Waals surface area contributed by atoms with Crippen LogP contribution in [0.3, 0.4) is 0 Å². The Morgan fingerprint density at radius 3 is 2.57 bits per heavy atom. The van der Waals surface area contributed by atoms with Crippen molar-refractivity contribution in [3.63, 3.8) is 0 Å². The van der Waals surface area contributed by atoms with E-state index in [4.69, 9.17) is 0 Å². The van der Waals surface area contributed by atoms with Crippen LogP contribution in [-0.4, -0.2) is 11.2 Å². The van der Waals surface area contributed by atoms with Crippen molar-refractivity contribution in [2.75, 3.05) is 0 Å². The first kappa shape index (κ1) is 10.5. The highest BCUT2D eigenvalue weighted by Gasteiger charge is 2.47. The fourth-order valence-electron chi connectivity index (χ4n) is 3.81. The van der Waals surface area contributed by atoms with E-state index >= 15 is 0 Å². The molecule has 2 saturated carbocycles. The molecule has 1 heteroatoms. The average Bonchev–Trinajstić information content (AvgIpc) is 2.16. The maximum atomic E-state index is 9.71. The van der Waals surface area contributed by atoms with Crippen molar-refractivity contribution < 1.29 is 5.11 Å². The largest absolute Gasteiger partial charge is 0.393 e. The minimum Gasteiger partial charge on any atom is -0.393 e. The Morgan fingerprint density at radius 1 is 1.14 bits per heavy atom. The molecule has 0 radical (unpaired) electrons. The van der Waals surface area contributed by atoms with Crippen molar-refractivity contribution in [3.8, 4) is 0 Å². The second-order valence-electron chi connectivity index (χ2n) is 5.97. The van der Waals surface area contributed by atoms with Crippen LogP contribution >= 0.6 is 0 Å². The number of hydrogen-bond acceptors (Lipinski definition) is 1. The highest BCUT2D eigenvalue weighted by Crippen LogP contribution is 2.54. The molecule has 0 aromatic carbocycles. The zero-order valence-electron chi connectivity index (χ0n) is 9.79. The highest BCUT2D eigenvalue weighted by molar-refractivity contribution is 4.97. The molecular weight excluding hydrogens is 172 g/mol. The van der Waals surface area contributed by atoms with E-state index in [1.165, 1.54) is 19.3 Å². The van der Waals surface area contributed by atoms with Crippen molar-refractivity contribution in [2.45, 2.75) is 59.0 Å². The smallest absolute Gasteiger partial charge is 0.0543 e. The molecule has 0 bridgehead atoms. The molecule has 0 spiro atoms. The van der Waals surface area contributed by atoms with Crippen molar-refractivity contribution >= 4 is 0 Å². The molecule has 2 rings (SSSR count). The second kappa shape index (κ2) is 3.52. The minimum absolute atomic E-state index is 0.00585. The van der Waals surface area contributed by atoms with E-state index in [0.717, 1.165) is 30.6 Å². The third-order valence-electron chi connectivity index (χ3n) is 5.37. The third kappa shape index (κ3) is 1.50. The Bertz CT molecular complexity index is 213. The molecule has 1 N–H and O–H groups in total. The van der Waals surface area contributed by atoms with E-state index in [-0.39, 0.29) is 6.10 Å². The van der Waals surface area contributed by atoms with Crippen molar-refractivity contribution in [1.82, 2.24) is 0 Å².